The van der Waals surface area contributed by atoms with Crippen LogP contribution in [0.3, 0.4) is 0 Å². The molecular formula is C18H20FNO. The van der Waals surface area contributed by atoms with E-state index in [2.05, 4.69) is 0 Å². The van der Waals surface area contributed by atoms with Gasteiger partial charge in [0.2, 0.25) is 0 Å². The number of para-hydroxylation sites is 1. The minimum Gasteiger partial charge on any atom is -0.368 e. The second-order valence-corrected chi connectivity index (χ2v) is 5.37. The van der Waals surface area contributed by atoms with E-state index in [1.54, 1.807) is 12.1 Å². The van der Waals surface area contributed by atoms with Crippen LogP contribution < -0.4 is 4.90 Å². The van der Waals surface area contributed by atoms with E-state index in [1.807, 2.05) is 55.1 Å². The lowest BCUT2D eigenvalue weighted by molar-refractivity contribution is -0.111. The Balaban J connectivity index is 2.32. The summed E-state index contributed by atoms with van der Waals surface area (Å²) in [5.41, 5.74) is 0.804. The second kappa shape index (κ2) is 6.53. The third kappa shape index (κ3) is 3.30. The summed E-state index contributed by atoms with van der Waals surface area (Å²) in [6.45, 7) is 4.93. The fraction of sp³-hybridized carbons (Fsp3) is 0.278. The number of benzene rings is 2. The van der Waals surface area contributed by atoms with Crippen LogP contribution in [-0.2, 0) is 10.2 Å². The molecule has 0 saturated carbocycles. The monoisotopic (exact) mass is 285 g/mol. The van der Waals surface area contributed by atoms with Gasteiger partial charge in [-0.1, -0.05) is 42.5 Å². The Hall–Kier alpha value is -2.16. The first kappa shape index (κ1) is 15.2. The Labute approximate surface area is 125 Å². The molecule has 0 bridgehead atoms. The van der Waals surface area contributed by atoms with Gasteiger partial charge >= 0.3 is 0 Å². The Bertz CT molecular complexity index is 599. The molecule has 0 aliphatic carbocycles. The molecule has 0 spiro atoms. The predicted molar refractivity (Wildman–Crippen MR) is 84.1 cm³/mol. The lowest BCUT2D eigenvalue weighted by Crippen LogP contribution is -2.40. The van der Waals surface area contributed by atoms with E-state index in [0.29, 0.717) is 18.8 Å². The van der Waals surface area contributed by atoms with Gasteiger partial charge in [-0.2, -0.15) is 0 Å². The molecule has 1 unspecified atom stereocenters. The van der Waals surface area contributed by atoms with Crippen molar-refractivity contribution < 1.29 is 9.18 Å². The van der Waals surface area contributed by atoms with Crippen molar-refractivity contribution in [1.29, 1.82) is 0 Å². The molecule has 0 radical (unpaired) electrons. The Morgan fingerprint density at radius 3 is 2.29 bits per heavy atom. The quantitative estimate of drug-likeness (QED) is 0.752. The van der Waals surface area contributed by atoms with Gasteiger partial charge in [0.15, 0.2) is 0 Å². The molecule has 2 aromatic carbocycles. The molecule has 0 amide bonds. The zero-order valence-electron chi connectivity index (χ0n) is 12.4. The average Bonchev–Trinajstić information content (AvgIpc) is 2.54. The Morgan fingerprint density at radius 2 is 1.71 bits per heavy atom. The number of likely N-dealkylation sites (N-methyl/N-ethyl adjacent to an activating group) is 1. The summed E-state index contributed by atoms with van der Waals surface area (Å²) in [6.07, 6.45) is 0.950. The van der Waals surface area contributed by atoms with Crippen LogP contribution in [0, 0.1) is 5.82 Å². The molecule has 0 aliphatic heterocycles. The van der Waals surface area contributed by atoms with Crippen molar-refractivity contribution in [3.8, 4) is 0 Å². The number of anilines is 1. The molecule has 0 fully saturated rings. The first-order valence-electron chi connectivity index (χ1n) is 7.12. The first-order valence-corrected chi connectivity index (χ1v) is 7.12. The highest BCUT2D eigenvalue weighted by molar-refractivity contribution is 5.70. The SMILES string of the molecule is CCN(CC(C)(C=O)c1ccccc1)c1ccccc1F. The topological polar surface area (TPSA) is 20.3 Å². The number of halogens is 1. The molecule has 1 atom stereocenters. The van der Waals surface area contributed by atoms with Crippen LogP contribution in [0.1, 0.15) is 19.4 Å². The van der Waals surface area contributed by atoms with Gasteiger partial charge in [-0.3, -0.25) is 0 Å². The molecular weight excluding hydrogens is 265 g/mol. The van der Waals surface area contributed by atoms with Crippen molar-refractivity contribution in [1.82, 2.24) is 0 Å². The van der Waals surface area contributed by atoms with Gasteiger partial charge in [-0.15, -0.1) is 0 Å². The Kier molecular flexibility index (Phi) is 4.73. The molecule has 2 aromatic rings. The molecule has 2 rings (SSSR count). The van der Waals surface area contributed by atoms with E-state index in [4.69, 9.17) is 0 Å². The van der Waals surface area contributed by atoms with Crippen LogP contribution in [0.15, 0.2) is 54.6 Å². The number of aldehydes is 1. The molecule has 2 nitrogen and oxygen atoms in total. The number of carbonyl (C=O) groups excluding carboxylic acids is 1. The summed E-state index contributed by atoms with van der Waals surface area (Å²) in [7, 11) is 0. The van der Waals surface area contributed by atoms with E-state index in [0.717, 1.165) is 11.8 Å². The molecule has 0 heterocycles. The van der Waals surface area contributed by atoms with Crippen LogP contribution in [0.4, 0.5) is 10.1 Å². The van der Waals surface area contributed by atoms with Crippen LogP contribution in [-0.4, -0.2) is 19.4 Å². The predicted octanol–water partition coefficient (Wildman–Crippen LogP) is 3.81. The zero-order chi connectivity index (χ0) is 15.3. The van der Waals surface area contributed by atoms with Crippen LogP contribution in [0.5, 0.6) is 0 Å². The van der Waals surface area contributed by atoms with Crippen molar-refractivity contribution >= 4 is 12.0 Å². The molecule has 110 valence electrons. The third-order valence-corrected chi connectivity index (χ3v) is 3.79. The number of hydrogen-bond donors (Lipinski definition) is 0. The highest BCUT2D eigenvalue weighted by Crippen LogP contribution is 2.27. The number of nitrogens with zero attached hydrogens (tertiary/aromatic N) is 1. The number of carbonyl (C=O) groups is 1. The van der Waals surface area contributed by atoms with Crippen molar-refractivity contribution in [3.05, 3.63) is 66.0 Å². The largest absolute Gasteiger partial charge is 0.368 e. The fourth-order valence-electron chi connectivity index (χ4n) is 2.49. The van der Waals surface area contributed by atoms with Gasteiger partial charge in [0.1, 0.15) is 12.1 Å². The second-order valence-electron chi connectivity index (χ2n) is 5.37. The summed E-state index contributed by atoms with van der Waals surface area (Å²) < 4.78 is 14.0. The van der Waals surface area contributed by atoms with Gasteiger partial charge in [-0.25, -0.2) is 4.39 Å². The third-order valence-electron chi connectivity index (χ3n) is 3.79. The van der Waals surface area contributed by atoms with Crippen molar-refractivity contribution in [2.24, 2.45) is 0 Å². The van der Waals surface area contributed by atoms with E-state index < -0.39 is 5.41 Å². The molecule has 21 heavy (non-hydrogen) atoms. The van der Waals surface area contributed by atoms with Gasteiger partial charge in [0.05, 0.1) is 11.1 Å². The van der Waals surface area contributed by atoms with Crippen molar-refractivity contribution in [2.45, 2.75) is 19.3 Å². The number of rotatable bonds is 6. The summed E-state index contributed by atoms with van der Waals surface area (Å²) in [5, 5.41) is 0. The summed E-state index contributed by atoms with van der Waals surface area (Å²) in [6, 6.07) is 16.3. The first-order chi connectivity index (χ1) is 10.1. The highest BCUT2D eigenvalue weighted by atomic mass is 19.1. The maximum Gasteiger partial charge on any atom is 0.146 e. The summed E-state index contributed by atoms with van der Waals surface area (Å²) in [5.74, 6) is -0.263. The lowest BCUT2D eigenvalue weighted by atomic mass is 9.83. The number of hydrogen-bond acceptors (Lipinski definition) is 2. The lowest BCUT2D eigenvalue weighted by Gasteiger charge is -2.33. The van der Waals surface area contributed by atoms with Gasteiger partial charge < -0.3 is 9.69 Å². The summed E-state index contributed by atoms with van der Waals surface area (Å²) >= 11 is 0. The van der Waals surface area contributed by atoms with E-state index in [9.17, 15) is 9.18 Å². The molecule has 3 heteroatoms. The maximum absolute atomic E-state index is 14.0. The van der Waals surface area contributed by atoms with Crippen molar-refractivity contribution in [2.75, 3.05) is 18.0 Å². The molecule has 0 N–H and O–H groups in total. The molecule has 0 aliphatic rings. The normalized spacial score (nSPS) is 13.5. The highest BCUT2D eigenvalue weighted by Gasteiger charge is 2.29. The van der Waals surface area contributed by atoms with Crippen LogP contribution in [0.2, 0.25) is 0 Å². The average molecular weight is 285 g/mol. The smallest absolute Gasteiger partial charge is 0.146 e. The van der Waals surface area contributed by atoms with E-state index in [1.165, 1.54) is 6.07 Å². The van der Waals surface area contributed by atoms with Gasteiger partial charge in [0.25, 0.3) is 0 Å². The van der Waals surface area contributed by atoms with Crippen LogP contribution in [0.25, 0.3) is 0 Å². The standard InChI is InChI=1S/C18H20FNO/c1-3-20(17-12-8-7-11-16(17)19)13-18(2,14-21)15-9-5-4-6-10-15/h4-12,14H,3,13H2,1-2H3. The fourth-order valence-corrected chi connectivity index (χ4v) is 2.49. The maximum atomic E-state index is 14.0. The summed E-state index contributed by atoms with van der Waals surface area (Å²) in [4.78, 5) is 13.6. The minimum absolute atomic E-state index is 0.263. The van der Waals surface area contributed by atoms with Crippen LogP contribution >= 0.6 is 0 Å². The molecule has 0 aromatic heterocycles. The van der Waals surface area contributed by atoms with Crippen molar-refractivity contribution in [3.63, 3.8) is 0 Å². The Morgan fingerprint density at radius 1 is 1.10 bits per heavy atom. The van der Waals surface area contributed by atoms with Gasteiger partial charge in [0, 0.05) is 13.1 Å². The zero-order valence-corrected chi connectivity index (χ0v) is 12.4. The van der Waals surface area contributed by atoms with E-state index >= 15 is 0 Å². The van der Waals surface area contributed by atoms with E-state index in [-0.39, 0.29) is 5.82 Å². The minimum atomic E-state index is -0.667. The molecule has 0 saturated heterocycles. The van der Waals surface area contributed by atoms with Gasteiger partial charge in [-0.05, 0) is 31.5 Å².